The Morgan fingerprint density at radius 3 is 2.79 bits per heavy atom. The molecule has 0 atom stereocenters. The van der Waals surface area contributed by atoms with Gasteiger partial charge in [-0.25, -0.2) is 4.79 Å². The number of para-hydroxylation sites is 1. The standard InChI is InChI=1S/C14H19NO4/c1-17-14(16)12-4-2-3-5-13(12)19-11-8-15-6-9-18-10-7-15/h2-5H,6-11H2,1H3. The molecule has 1 saturated heterocycles. The fourth-order valence-electron chi connectivity index (χ4n) is 1.98. The van der Waals surface area contributed by atoms with E-state index in [1.54, 1.807) is 18.2 Å². The molecule has 19 heavy (non-hydrogen) atoms. The van der Waals surface area contributed by atoms with E-state index in [-0.39, 0.29) is 5.97 Å². The average Bonchev–Trinajstić information content (AvgIpc) is 2.48. The number of carbonyl (C=O) groups excluding carboxylic acids is 1. The van der Waals surface area contributed by atoms with Gasteiger partial charge in [-0.1, -0.05) is 12.1 Å². The van der Waals surface area contributed by atoms with Crippen molar-refractivity contribution in [2.45, 2.75) is 0 Å². The molecule has 1 aromatic carbocycles. The summed E-state index contributed by atoms with van der Waals surface area (Å²) in [5.41, 5.74) is 0.465. The molecule has 0 aromatic heterocycles. The van der Waals surface area contributed by atoms with Gasteiger partial charge in [0.2, 0.25) is 0 Å². The molecule has 0 unspecified atom stereocenters. The molecule has 0 N–H and O–H groups in total. The van der Waals surface area contributed by atoms with Gasteiger partial charge in [-0.2, -0.15) is 0 Å². The van der Waals surface area contributed by atoms with Crippen LogP contribution < -0.4 is 4.74 Å². The van der Waals surface area contributed by atoms with Gasteiger partial charge in [0.1, 0.15) is 17.9 Å². The molecule has 0 saturated carbocycles. The van der Waals surface area contributed by atoms with E-state index >= 15 is 0 Å². The Morgan fingerprint density at radius 2 is 2.05 bits per heavy atom. The third-order valence-corrected chi connectivity index (χ3v) is 3.06. The van der Waals surface area contributed by atoms with Crippen LogP contribution in [0.5, 0.6) is 5.75 Å². The van der Waals surface area contributed by atoms with E-state index in [0.29, 0.717) is 17.9 Å². The summed E-state index contributed by atoms with van der Waals surface area (Å²) in [6.45, 7) is 4.80. The Bertz CT molecular complexity index is 416. The molecule has 1 aliphatic rings. The highest BCUT2D eigenvalue weighted by Crippen LogP contribution is 2.18. The molecule has 0 aliphatic carbocycles. The summed E-state index contributed by atoms with van der Waals surface area (Å²) in [4.78, 5) is 13.9. The van der Waals surface area contributed by atoms with E-state index in [1.807, 2.05) is 6.07 Å². The average molecular weight is 265 g/mol. The van der Waals surface area contributed by atoms with E-state index < -0.39 is 0 Å². The van der Waals surface area contributed by atoms with Crippen LogP contribution in [0.1, 0.15) is 10.4 Å². The van der Waals surface area contributed by atoms with E-state index in [9.17, 15) is 4.79 Å². The van der Waals surface area contributed by atoms with Crippen LogP contribution in [0.25, 0.3) is 0 Å². The van der Waals surface area contributed by atoms with Crippen LogP contribution in [0.15, 0.2) is 24.3 Å². The van der Waals surface area contributed by atoms with Gasteiger partial charge in [0, 0.05) is 19.6 Å². The van der Waals surface area contributed by atoms with Crippen LogP contribution in [0, 0.1) is 0 Å². The minimum absolute atomic E-state index is 0.373. The number of benzene rings is 1. The Morgan fingerprint density at radius 1 is 1.32 bits per heavy atom. The van der Waals surface area contributed by atoms with Gasteiger partial charge in [0.15, 0.2) is 0 Å². The number of ether oxygens (including phenoxy) is 3. The first-order chi connectivity index (χ1) is 9.31. The van der Waals surface area contributed by atoms with Crippen LogP contribution in [0.3, 0.4) is 0 Å². The summed E-state index contributed by atoms with van der Waals surface area (Å²) in [5.74, 6) is 0.199. The van der Waals surface area contributed by atoms with Gasteiger partial charge in [0.05, 0.1) is 20.3 Å². The highest BCUT2D eigenvalue weighted by Gasteiger charge is 2.13. The predicted octanol–water partition coefficient (Wildman–Crippen LogP) is 1.18. The second-order valence-corrected chi connectivity index (χ2v) is 4.29. The molecule has 1 heterocycles. The van der Waals surface area contributed by atoms with Crippen LogP contribution in [-0.4, -0.2) is 57.4 Å². The van der Waals surface area contributed by atoms with Crippen LogP contribution in [0.2, 0.25) is 0 Å². The monoisotopic (exact) mass is 265 g/mol. The maximum atomic E-state index is 11.6. The predicted molar refractivity (Wildman–Crippen MR) is 70.5 cm³/mol. The lowest BCUT2D eigenvalue weighted by molar-refractivity contribution is 0.0321. The highest BCUT2D eigenvalue weighted by molar-refractivity contribution is 5.92. The fraction of sp³-hybridized carbons (Fsp3) is 0.500. The van der Waals surface area contributed by atoms with Gasteiger partial charge in [0.25, 0.3) is 0 Å². The number of hydrogen-bond donors (Lipinski definition) is 0. The third kappa shape index (κ3) is 3.94. The highest BCUT2D eigenvalue weighted by atomic mass is 16.5. The van der Waals surface area contributed by atoms with Crippen molar-refractivity contribution in [2.24, 2.45) is 0 Å². The lowest BCUT2D eigenvalue weighted by atomic mass is 10.2. The summed E-state index contributed by atoms with van der Waals surface area (Å²) < 4.78 is 15.7. The number of carbonyl (C=O) groups is 1. The molecule has 0 spiro atoms. The Hall–Kier alpha value is -1.59. The van der Waals surface area contributed by atoms with E-state index in [1.165, 1.54) is 7.11 Å². The topological polar surface area (TPSA) is 48.0 Å². The van der Waals surface area contributed by atoms with Crippen molar-refractivity contribution in [3.8, 4) is 5.75 Å². The molecule has 5 nitrogen and oxygen atoms in total. The van der Waals surface area contributed by atoms with Crippen LogP contribution in [-0.2, 0) is 9.47 Å². The maximum absolute atomic E-state index is 11.6. The molecule has 2 rings (SSSR count). The van der Waals surface area contributed by atoms with Gasteiger partial charge < -0.3 is 14.2 Å². The summed E-state index contributed by atoms with van der Waals surface area (Å²) in [6.07, 6.45) is 0. The molecule has 0 amide bonds. The van der Waals surface area contributed by atoms with Crippen molar-refractivity contribution < 1.29 is 19.0 Å². The number of esters is 1. The summed E-state index contributed by atoms with van der Waals surface area (Å²) in [5, 5.41) is 0. The van der Waals surface area contributed by atoms with Gasteiger partial charge in [-0.15, -0.1) is 0 Å². The molecule has 1 aromatic rings. The lowest BCUT2D eigenvalue weighted by Gasteiger charge is -2.26. The molecule has 1 fully saturated rings. The molecular formula is C14H19NO4. The Labute approximate surface area is 113 Å². The first-order valence-electron chi connectivity index (χ1n) is 6.41. The van der Waals surface area contributed by atoms with E-state index in [4.69, 9.17) is 14.2 Å². The van der Waals surface area contributed by atoms with Crippen molar-refractivity contribution in [1.29, 1.82) is 0 Å². The second kappa shape index (κ2) is 7.11. The zero-order valence-electron chi connectivity index (χ0n) is 11.1. The molecule has 1 aliphatic heterocycles. The number of morpholine rings is 1. The SMILES string of the molecule is COC(=O)c1ccccc1OCCN1CCOCC1. The first-order valence-corrected chi connectivity index (χ1v) is 6.41. The van der Waals surface area contributed by atoms with Gasteiger partial charge in [-0.3, -0.25) is 4.90 Å². The second-order valence-electron chi connectivity index (χ2n) is 4.29. The largest absolute Gasteiger partial charge is 0.491 e. The number of rotatable bonds is 5. The van der Waals surface area contributed by atoms with Gasteiger partial charge in [-0.05, 0) is 12.1 Å². The number of hydrogen-bond acceptors (Lipinski definition) is 5. The summed E-state index contributed by atoms with van der Waals surface area (Å²) in [7, 11) is 1.37. The minimum atomic E-state index is -0.373. The number of nitrogens with zero attached hydrogens (tertiary/aromatic N) is 1. The maximum Gasteiger partial charge on any atom is 0.341 e. The zero-order valence-corrected chi connectivity index (χ0v) is 11.1. The Kier molecular flexibility index (Phi) is 5.18. The molecule has 104 valence electrons. The van der Waals surface area contributed by atoms with Crippen LogP contribution >= 0.6 is 0 Å². The Balaban J connectivity index is 1.86. The van der Waals surface area contributed by atoms with Crippen molar-refractivity contribution in [3.63, 3.8) is 0 Å². The molecule has 0 bridgehead atoms. The smallest absolute Gasteiger partial charge is 0.341 e. The lowest BCUT2D eigenvalue weighted by Crippen LogP contribution is -2.38. The summed E-state index contributed by atoms with van der Waals surface area (Å²) in [6, 6.07) is 7.12. The first kappa shape index (κ1) is 13.8. The molecule has 0 radical (unpaired) electrons. The zero-order chi connectivity index (χ0) is 13.5. The van der Waals surface area contributed by atoms with Crippen molar-refractivity contribution in [3.05, 3.63) is 29.8 Å². The fourth-order valence-corrected chi connectivity index (χ4v) is 1.98. The van der Waals surface area contributed by atoms with Crippen molar-refractivity contribution in [1.82, 2.24) is 4.90 Å². The quantitative estimate of drug-likeness (QED) is 0.748. The summed E-state index contributed by atoms with van der Waals surface area (Å²) >= 11 is 0. The third-order valence-electron chi connectivity index (χ3n) is 3.06. The normalized spacial score (nSPS) is 16.1. The number of methoxy groups -OCH3 is 1. The van der Waals surface area contributed by atoms with Gasteiger partial charge >= 0.3 is 5.97 Å². The van der Waals surface area contributed by atoms with Crippen molar-refractivity contribution >= 4 is 5.97 Å². The van der Waals surface area contributed by atoms with Crippen molar-refractivity contribution in [2.75, 3.05) is 46.6 Å². The minimum Gasteiger partial charge on any atom is -0.491 e. The van der Waals surface area contributed by atoms with Crippen LogP contribution in [0.4, 0.5) is 0 Å². The van der Waals surface area contributed by atoms with E-state index in [2.05, 4.69) is 4.90 Å². The molecule has 5 heteroatoms. The van der Waals surface area contributed by atoms with E-state index in [0.717, 1.165) is 32.8 Å². The molecular weight excluding hydrogens is 246 g/mol.